The lowest BCUT2D eigenvalue weighted by molar-refractivity contribution is -0.385. The average Bonchev–Trinajstić information content (AvgIpc) is 2.48. The van der Waals surface area contributed by atoms with Crippen molar-refractivity contribution >= 4 is 11.6 Å². The van der Waals surface area contributed by atoms with E-state index in [-0.39, 0.29) is 24.0 Å². The van der Waals surface area contributed by atoms with Gasteiger partial charge in [0, 0.05) is 23.7 Å². The number of nitrogens with one attached hydrogen (secondary N) is 1. The predicted molar refractivity (Wildman–Crippen MR) is 80.3 cm³/mol. The van der Waals surface area contributed by atoms with E-state index in [2.05, 4.69) is 5.32 Å². The van der Waals surface area contributed by atoms with Crippen molar-refractivity contribution in [2.75, 3.05) is 6.54 Å². The van der Waals surface area contributed by atoms with Crippen LogP contribution in [0, 0.1) is 22.9 Å². The van der Waals surface area contributed by atoms with Crippen LogP contribution in [0.25, 0.3) is 0 Å². The average molecular weight is 302 g/mol. The molecule has 0 atom stereocenters. The number of amides is 1. The van der Waals surface area contributed by atoms with E-state index in [9.17, 15) is 19.3 Å². The van der Waals surface area contributed by atoms with Crippen molar-refractivity contribution in [3.05, 3.63) is 75.1 Å². The Labute approximate surface area is 126 Å². The van der Waals surface area contributed by atoms with E-state index in [1.807, 2.05) is 0 Å². The van der Waals surface area contributed by atoms with Gasteiger partial charge in [-0.15, -0.1) is 0 Å². The first-order valence-corrected chi connectivity index (χ1v) is 6.75. The molecule has 0 saturated carbocycles. The smallest absolute Gasteiger partial charge is 0.272 e. The molecule has 2 aromatic rings. The number of hydrogen-bond donors (Lipinski definition) is 1. The fourth-order valence-corrected chi connectivity index (χ4v) is 2.12. The molecule has 6 heteroatoms. The molecule has 0 fully saturated rings. The molecule has 0 aliphatic carbocycles. The number of aryl methyl sites for hydroxylation is 1. The van der Waals surface area contributed by atoms with Crippen LogP contribution >= 0.6 is 0 Å². The number of nitro groups is 1. The highest BCUT2D eigenvalue weighted by atomic mass is 19.1. The third-order valence-corrected chi connectivity index (χ3v) is 3.29. The maximum atomic E-state index is 13.4. The lowest BCUT2D eigenvalue weighted by Crippen LogP contribution is -2.26. The quantitative estimate of drug-likeness (QED) is 0.681. The molecule has 2 aromatic carbocycles. The van der Waals surface area contributed by atoms with Crippen LogP contribution in [-0.2, 0) is 6.42 Å². The van der Waals surface area contributed by atoms with Gasteiger partial charge in [0.05, 0.1) is 4.92 Å². The Morgan fingerprint density at radius 2 is 2.00 bits per heavy atom. The van der Waals surface area contributed by atoms with Crippen molar-refractivity contribution in [3.63, 3.8) is 0 Å². The minimum absolute atomic E-state index is 0.0251. The largest absolute Gasteiger partial charge is 0.352 e. The molecule has 5 nitrogen and oxygen atoms in total. The van der Waals surface area contributed by atoms with Crippen molar-refractivity contribution in [2.45, 2.75) is 13.3 Å². The fraction of sp³-hybridized carbons (Fsp3) is 0.188. The predicted octanol–water partition coefficient (Wildman–Crippen LogP) is 3.01. The molecule has 0 unspecified atom stereocenters. The molecule has 0 aromatic heterocycles. The summed E-state index contributed by atoms with van der Waals surface area (Å²) in [6.07, 6.45) is 0.379. The van der Waals surface area contributed by atoms with Gasteiger partial charge in [-0.2, -0.15) is 0 Å². The lowest BCUT2D eigenvalue weighted by Gasteiger charge is -2.07. The molecule has 0 aliphatic heterocycles. The van der Waals surface area contributed by atoms with Crippen LogP contribution in [-0.4, -0.2) is 17.4 Å². The standard InChI is InChI=1S/C16H15FN2O3/c1-11-10-13(6-7-15(11)19(21)22)16(20)18-9-8-12-4-2-3-5-14(12)17/h2-7,10H,8-9H2,1H3,(H,18,20). The molecule has 114 valence electrons. The second-order valence-electron chi connectivity index (χ2n) is 4.86. The lowest BCUT2D eigenvalue weighted by atomic mass is 10.1. The number of nitro benzene ring substituents is 1. The normalized spacial score (nSPS) is 10.3. The van der Waals surface area contributed by atoms with Gasteiger partial charge in [-0.25, -0.2) is 4.39 Å². The van der Waals surface area contributed by atoms with Crippen molar-refractivity contribution in [3.8, 4) is 0 Å². The van der Waals surface area contributed by atoms with E-state index < -0.39 is 4.92 Å². The Bertz CT molecular complexity index is 716. The topological polar surface area (TPSA) is 72.2 Å². The van der Waals surface area contributed by atoms with E-state index >= 15 is 0 Å². The van der Waals surface area contributed by atoms with Crippen molar-refractivity contribution in [1.82, 2.24) is 5.32 Å². The second kappa shape index (κ2) is 6.80. The van der Waals surface area contributed by atoms with Crippen LogP contribution in [0.5, 0.6) is 0 Å². The summed E-state index contributed by atoms with van der Waals surface area (Å²) in [5, 5.41) is 13.4. The van der Waals surface area contributed by atoms with Gasteiger partial charge < -0.3 is 5.32 Å². The molecule has 1 N–H and O–H groups in total. The number of halogens is 1. The van der Waals surface area contributed by atoms with E-state index in [1.165, 1.54) is 24.3 Å². The van der Waals surface area contributed by atoms with Gasteiger partial charge in [-0.1, -0.05) is 18.2 Å². The first-order chi connectivity index (χ1) is 10.5. The Morgan fingerprint density at radius 1 is 1.27 bits per heavy atom. The van der Waals surface area contributed by atoms with Gasteiger partial charge in [0.2, 0.25) is 0 Å². The molecular weight excluding hydrogens is 287 g/mol. The van der Waals surface area contributed by atoms with Gasteiger partial charge in [-0.05, 0) is 37.1 Å². The van der Waals surface area contributed by atoms with Crippen LogP contribution in [0.15, 0.2) is 42.5 Å². The third kappa shape index (κ3) is 3.66. The number of carbonyl (C=O) groups is 1. The van der Waals surface area contributed by atoms with Gasteiger partial charge >= 0.3 is 0 Å². The summed E-state index contributed by atoms with van der Waals surface area (Å²) < 4.78 is 13.4. The summed E-state index contributed by atoms with van der Waals surface area (Å²) in [5.74, 6) is -0.641. The highest BCUT2D eigenvalue weighted by molar-refractivity contribution is 5.94. The Kier molecular flexibility index (Phi) is 4.83. The molecule has 0 spiro atoms. The fourth-order valence-electron chi connectivity index (χ4n) is 2.12. The van der Waals surface area contributed by atoms with Gasteiger partial charge in [0.25, 0.3) is 11.6 Å². The molecule has 0 heterocycles. The second-order valence-corrected chi connectivity index (χ2v) is 4.86. The maximum absolute atomic E-state index is 13.4. The zero-order chi connectivity index (χ0) is 16.1. The van der Waals surface area contributed by atoms with Gasteiger partial charge in [0.1, 0.15) is 5.82 Å². The van der Waals surface area contributed by atoms with Crippen LogP contribution < -0.4 is 5.32 Å². The summed E-state index contributed by atoms with van der Waals surface area (Å²) in [7, 11) is 0. The zero-order valence-electron chi connectivity index (χ0n) is 12.0. The highest BCUT2D eigenvalue weighted by Gasteiger charge is 2.13. The van der Waals surface area contributed by atoms with Crippen molar-refractivity contribution in [1.29, 1.82) is 0 Å². The van der Waals surface area contributed by atoms with Gasteiger partial charge in [-0.3, -0.25) is 14.9 Å². The number of hydrogen-bond acceptors (Lipinski definition) is 3. The number of carbonyl (C=O) groups excluding carboxylic acids is 1. The number of rotatable bonds is 5. The molecular formula is C16H15FN2O3. The Morgan fingerprint density at radius 3 is 2.64 bits per heavy atom. The minimum Gasteiger partial charge on any atom is -0.352 e. The summed E-state index contributed by atoms with van der Waals surface area (Å²) in [6.45, 7) is 1.87. The van der Waals surface area contributed by atoms with E-state index in [0.29, 0.717) is 23.1 Å². The Hall–Kier alpha value is -2.76. The molecule has 2 rings (SSSR count). The summed E-state index contributed by atoms with van der Waals surface area (Å²) >= 11 is 0. The van der Waals surface area contributed by atoms with Crippen LogP contribution in [0.2, 0.25) is 0 Å². The summed E-state index contributed by atoms with van der Waals surface area (Å²) in [4.78, 5) is 22.2. The Balaban J connectivity index is 1.97. The SMILES string of the molecule is Cc1cc(C(=O)NCCc2ccccc2F)ccc1[N+](=O)[O-]. The first kappa shape index (κ1) is 15.6. The maximum Gasteiger partial charge on any atom is 0.272 e. The van der Waals surface area contributed by atoms with Crippen molar-refractivity contribution in [2.24, 2.45) is 0 Å². The monoisotopic (exact) mass is 302 g/mol. The van der Waals surface area contributed by atoms with Gasteiger partial charge in [0.15, 0.2) is 0 Å². The van der Waals surface area contributed by atoms with E-state index in [0.717, 1.165) is 0 Å². The summed E-state index contributed by atoms with van der Waals surface area (Å²) in [6, 6.07) is 10.6. The van der Waals surface area contributed by atoms with Crippen molar-refractivity contribution < 1.29 is 14.1 Å². The number of benzene rings is 2. The third-order valence-electron chi connectivity index (χ3n) is 3.29. The molecule has 0 radical (unpaired) electrons. The molecule has 22 heavy (non-hydrogen) atoms. The molecule has 1 amide bonds. The minimum atomic E-state index is -0.491. The number of nitrogens with zero attached hydrogens (tertiary/aromatic N) is 1. The molecule has 0 saturated heterocycles. The van der Waals surface area contributed by atoms with Crippen LogP contribution in [0.3, 0.4) is 0 Å². The molecule has 0 bridgehead atoms. The van der Waals surface area contributed by atoms with E-state index in [4.69, 9.17) is 0 Å². The zero-order valence-corrected chi connectivity index (χ0v) is 12.0. The molecule has 0 aliphatic rings. The van der Waals surface area contributed by atoms with E-state index in [1.54, 1.807) is 25.1 Å². The first-order valence-electron chi connectivity index (χ1n) is 6.75. The highest BCUT2D eigenvalue weighted by Crippen LogP contribution is 2.18. The van der Waals surface area contributed by atoms with Crippen LogP contribution in [0.4, 0.5) is 10.1 Å². The summed E-state index contributed by atoms with van der Waals surface area (Å²) in [5.41, 5.74) is 1.27. The van der Waals surface area contributed by atoms with Crippen LogP contribution in [0.1, 0.15) is 21.5 Å².